The van der Waals surface area contributed by atoms with Gasteiger partial charge in [-0.25, -0.2) is 8.42 Å². The third-order valence-corrected chi connectivity index (χ3v) is 6.27. The van der Waals surface area contributed by atoms with Crippen molar-refractivity contribution >= 4 is 27.5 Å². The molecule has 140 valence electrons. The predicted octanol–water partition coefficient (Wildman–Crippen LogP) is 3.54. The Morgan fingerprint density at radius 1 is 1.15 bits per heavy atom. The summed E-state index contributed by atoms with van der Waals surface area (Å²) in [5.41, 5.74) is 2.12. The van der Waals surface area contributed by atoms with Crippen molar-refractivity contribution in [2.24, 2.45) is 0 Å². The smallest absolute Gasteiger partial charge is 0.243 e. The number of hydrogen-bond acceptors (Lipinski definition) is 3. The van der Waals surface area contributed by atoms with Crippen molar-refractivity contribution in [3.63, 3.8) is 0 Å². The van der Waals surface area contributed by atoms with Crippen molar-refractivity contribution in [3.05, 3.63) is 64.7 Å². The van der Waals surface area contributed by atoms with Crippen molar-refractivity contribution in [2.75, 3.05) is 13.6 Å². The van der Waals surface area contributed by atoms with Crippen LogP contribution in [0.2, 0.25) is 5.02 Å². The first kappa shape index (κ1) is 20.4. The Balaban J connectivity index is 2.08. The zero-order chi connectivity index (χ0) is 19.3. The molecule has 0 heterocycles. The topological polar surface area (TPSA) is 66.5 Å². The quantitative estimate of drug-likeness (QED) is 0.781. The monoisotopic (exact) mass is 394 g/mol. The summed E-state index contributed by atoms with van der Waals surface area (Å²) in [6.07, 6.45) is 0.713. The highest BCUT2D eigenvalue weighted by Crippen LogP contribution is 2.21. The second kappa shape index (κ2) is 8.66. The molecule has 0 aliphatic heterocycles. The van der Waals surface area contributed by atoms with Crippen molar-refractivity contribution in [1.82, 2.24) is 9.62 Å². The number of carbonyl (C=O) groups excluding carboxylic acids is 1. The molecule has 1 N–H and O–H groups in total. The highest BCUT2D eigenvalue weighted by atomic mass is 35.5. The number of nitrogens with one attached hydrogen (secondary N) is 1. The molecule has 5 nitrogen and oxygen atoms in total. The normalized spacial score (nSPS) is 12.8. The standard InChI is InChI=1S/C19H23ClN2O3S/c1-4-18(17-8-6-5-7-14(17)2)21-19(23)13-22(3)26(24,25)16-11-9-15(20)10-12-16/h5-12,18H,4,13H2,1-3H3,(H,21,23)/t18-/m0/s1. The summed E-state index contributed by atoms with van der Waals surface area (Å²) in [7, 11) is -2.37. The molecule has 0 spiro atoms. The fourth-order valence-corrected chi connectivity index (χ4v) is 3.94. The van der Waals surface area contributed by atoms with Gasteiger partial charge in [-0.2, -0.15) is 4.31 Å². The largest absolute Gasteiger partial charge is 0.348 e. The van der Waals surface area contributed by atoms with Gasteiger partial charge < -0.3 is 5.32 Å². The number of nitrogens with zero attached hydrogens (tertiary/aromatic N) is 1. The van der Waals surface area contributed by atoms with Gasteiger partial charge in [-0.1, -0.05) is 42.8 Å². The molecule has 0 unspecified atom stereocenters. The third-order valence-electron chi connectivity index (χ3n) is 4.20. The number of amides is 1. The van der Waals surface area contributed by atoms with Gasteiger partial charge in [0.1, 0.15) is 0 Å². The fraction of sp³-hybridized carbons (Fsp3) is 0.316. The molecular formula is C19H23ClN2O3S. The molecule has 1 atom stereocenters. The van der Waals surface area contributed by atoms with Crippen LogP contribution in [0, 0.1) is 6.92 Å². The summed E-state index contributed by atoms with van der Waals surface area (Å²) in [6, 6.07) is 13.5. The molecule has 0 bridgehead atoms. The summed E-state index contributed by atoms with van der Waals surface area (Å²) in [5, 5.41) is 3.37. The molecule has 0 aromatic heterocycles. The van der Waals surface area contributed by atoms with E-state index in [4.69, 9.17) is 11.6 Å². The van der Waals surface area contributed by atoms with E-state index in [2.05, 4.69) is 5.32 Å². The Kier molecular flexibility index (Phi) is 6.81. The van der Waals surface area contributed by atoms with E-state index in [1.54, 1.807) is 0 Å². The van der Waals surface area contributed by atoms with E-state index in [1.807, 2.05) is 38.1 Å². The number of sulfonamides is 1. The van der Waals surface area contributed by atoms with Crippen LogP contribution in [0.5, 0.6) is 0 Å². The number of carbonyl (C=O) groups is 1. The SMILES string of the molecule is CC[C@H](NC(=O)CN(C)S(=O)(=O)c1ccc(Cl)cc1)c1ccccc1C. The summed E-state index contributed by atoms with van der Waals surface area (Å²) < 4.78 is 26.2. The Morgan fingerprint density at radius 3 is 2.35 bits per heavy atom. The molecule has 2 aromatic carbocycles. The highest BCUT2D eigenvalue weighted by Gasteiger charge is 2.24. The van der Waals surface area contributed by atoms with Crippen LogP contribution in [0.25, 0.3) is 0 Å². The van der Waals surface area contributed by atoms with E-state index in [9.17, 15) is 13.2 Å². The van der Waals surface area contributed by atoms with Crippen LogP contribution >= 0.6 is 11.6 Å². The van der Waals surface area contributed by atoms with Gasteiger partial charge in [0.15, 0.2) is 0 Å². The minimum Gasteiger partial charge on any atom is -0.348 e. The lowest BCUT2D eigenvalue weighted by Gasteiger charge is -2.22. The van der Waals surface area contributed by atoms with E-state index in [-0.39, 0.29) is 23.4 Å². The van der Waals surface area contributed by atoms with E-state index >= 15 is 0 Å². The molecule has 1 amide bonds. The van der Waals surface area contributed by atoms with Gasteiger partial charge in [0.25, 0.3) is 0 Å². The van der Waals surface area contributed by atoms with Gasteiger partial charge in [-0.05, 0) is 48.7 Å². The predicted molar refractivity (Wildman–Crippen MR) is 104 cm³/mol. The van der Waals surface area contributed by atoms with Crippen molar-refractivity contribution < 1.29 is 13.2 Å². The van der Waals surface area contributed by atoms with Gasteiger partial charge >= 0.3 is 0 Å². The minimum atomic E-state index is -3.75. The first-order chi connectivity index (χ1) is 12.3. The minimum absolute atomic E-state index is 0.100. The molecule has 0 aliphatic carbocycles. The van der Waals surface area contributed by atoms with Crippen molar-refractivity contribution in [2.45, 2.75) is 31.2 Å². The number of aryl methyl sites for hydroxylation is 1. The molecule has 0 aliphatic rings. The lowest BCUT2D eigenvalue weighted by atomic mass is 9.99. The first-order valence-electron chi connectivity index (χ1n) is 8.32. The van der Waals surface area contributed by atoms with Gasteiger partial charge in [0.05, 0.1) is 17.5 Å². The second-order valence-corrected chi connectivity index (χ2v) is 8.58. The van der Waals surface area contributed by atoms with Gasteiger partial charge in [-0.3, -0.25) is 4.79 Å². The molecule has 26 heavy (non-hydrogen) atoms. The molecule has 2 rings (SSSR count). The third kappa shape index (κ3) is 4.84. The zero-order valence-electron chi connectivity index (χ0n) is 15.1. The van der Waals surface area contributed by atoms with Crippen LogP contribution in [0.3, 0.4) is 0 Å². The van der Waals surface area contributed by atoms with Gasteiger partial charge in [0.2, 0.25) is 15.9 Å². The molecular weight excluding hydrogens is 372 g/mol. The van der Waals surface area contributed by atoms with E-state index in [0.29, 0.717) is 11.4 Å². The summed E-state index contributed by atoms with van der Waals surface area (Å²) in [4.78, 5) is 12.5. The molecule has 0 fully saturated rings. The first-order valence-corrected chi connectivity index (χ1v) is 10.1. The maximum atomic E-state index is 12.6. The highest BCUT2D eigenvalue weighted by molar-refractivity contribution is 7.89. The summed E-state index contributed by atoms with van der Waals surface area (Å²) in [6.45, 7) is 3.71. The molecule has 0 radical (unpaired) electrons. The number of likely N-dealkylation sites (N-methyl/N-ethyl adjacent to an activating group) is 1. The Morgan fingerprint density at radius 2 is 1.77 bits per heavy atom. The van der Waals surface area contributed by atoms with Crippen molar-refractivity contribution in [1.29, 1.82) is 0 Å². The average molecular weight is 395 g/mol. The summed E-state index contributed by atoms with van der Waals surface area (Å²) >= 11 is 5.80. The molecule has 0 saturated carbocycles. The van der Waals surface area contributed by atoms with Crippen LogP contribution in [-0.2, 0) is 14.8 Å². The molecule has 7 heteroatoms. The van der Waals surface area contributed by atoms with Crippen LogP contribution in [0.15, 0.2) is 53.4 Å². The van der Waals surface area contributed by atoms with Crippen molar-refractivity contribution in [3.8, 4) is 0 Å². The lowest BCUT2D eigenvalue weighted by molar-refractivity contribution is -0.121. The second-order valence-electron chi connectivity index (χ2n) is 6.10. The van der Waals surface area contributed by atoms with Crippen LogP contribution < -0.4 is 5.32 Å². The molecule has 0 saturated heterocycles. The van der Waals surface area contributed by atoms with Gasteiger partial charge in [0, 0.05) is 12.1 Å². The number of rotatable bonds is 7. The average Bonchev–Trinajstić information content (AvgIpc) is 2.60. The Bertz CT molecular complexity index is 867. The van der Waals surface area contributed by atoms with Crippen LogP contribution in [0.4, 0.5) is 0 Å². The number of benzene rings is 2. The maximum Gasteiger partial charge on any atom is 0.243 e. The van der Waals surface area contributed by atoms with E-state index in [1.165, 1.54) is 31.3 Å². The maximum absolute atomic E-state index is 12.6. The number of hydrogen-bond donors (Lipinski definition) is 1. The van der Waals surface area contributed by atoms with E-state index < -0.39 is 10.0 Å². The lowest BCUT2D eigenvalue weighted by Crippen LogP contribution is -2.39. The van der Waals surface area contributed by atoms with Gasteiger partial charge in [-0.15, -0.1) is 0 Å². The fourth-order valence-electron chi connectivity index (χ4n) is 2.69. The van der Waals surface area contributed by atoms with Crippen LogP contribution in [-0.4, -0.2) is 32.2 Å². The Hall–Kier alpha value is -1.89. The van der Waals surface area contributed by atoms with Crippen LogP contribution in [0.1, 0.15) is 30.5 Å². The zero-order valence-corrected chi connectivity index (χ0v) is 16.6. The molecule has 2 aromatic rings. The number of halogens is 1. The van der Waals surface area contributed by atoms with E-state index in [0.717, 1.165) is 15.4 Å². The Labute approximate surface area is 160 Å². The summed E-state index contributed by atoms with van der Waals surface area (Å²) in [5.74, 6) is -0.347.